The minimum absolute atomic E-state index is 0.133. The monoisotopic (exact) mass is 265 g/mol. The molecule has 1 aliphatic heterocycles. The molecule has 0 aromatic carbocycles. The number of aliphatic hydroxyl groups is 1. The number of rotatable bonds is 5. The summed E-state index contributed by atoms with van der Waals surface area (Å²) >= 11 is 0. The van der Waals surface area contributed by atoms with Gasteiger partial charge >= 0.3 is 0 Å². The Bertz CT molecular complexity index is 423. The molecule has 0 spiro atoms. The van der Waals surface area contributed by atoms with Crippen LogP contribution < -0.4 is 16.0 Å². The van der Waals surface area contributed by atoms with E-state index in [1.807, 2.05) is 19.9 Å². The Morgan fingerprint density at radius 2 is 2.37 bits per heavy atom. The molecule has 4 N–H and O–H groups in total. The van der Waals surface area contributed by atoms with Crippen LogP contribution in [-0.4, -0.2) is 47.6 Å². The van der Waals surface area contributed by atoms with Gasteiger partial charge < -0.3 is 21.1 Å². The van der Waals surface area contributed by atoms with Crippen molar-refractivity contribution in [3.05, 3.63) is 12.3 Å². The van der Waals surface area contributed by atoms with Crippen LogP contribution in [0.5, 0.6) is 0 Å². The van der Waals surface area contributed by atoms with Gasteiger partial charge in [0.15, 0.2) is 5.82 Å². The van der Waals surface area contributed by atoms with Gasteiger partial charge in [0, 0.05) is 43.8 Å². The van der Waals surface area contributed by atoms with Crippen molar-refractivity contribution in [2.75, 3.05) is 36.5 Å². The van der Waals surface area contributed by atoms with E-state index in [0.717, 1.165) is 31.0 Å². The normalized spacial score (nSPS) is 19.8. The number of nitrogens with two attached hydrogens (primary N) is 1. The van der Waals surface area contributed by atoms with Gasteiger partial charge in [0.1, 0.15) is 0 Å². The summed E-state index contributed by atoms with van der Waals surface area (Å²) in [5.41, 5.74) is 6.79. The molecule has 6 heteroatoms. The smallest absolute Gasteiger partial charge is 0.150 e. The first-order valence-corrected chi connectivity index (χ1v) is 6.68. The van der Waals surface area contributed by atoms with Crippen molar-refractivity contribution in [3.63, 3.8) is 0 Å². The second kappa shape index (κ2) is 5.71. The van der Waals surface area contributed by atoms with Crippen molar-refractivity contribution in [3.8, 4) is 0 Å². The van der Waals surface area contributed by atoms with Crippen LogP contribution in [0.15, 0.2) is 12.3 Å². The maximum atomic E-state index is 9.23. The summed E-state index contributed by atoms with van der Waals surface area (Å²) in [6, 6.07) is 2.23. The fourth-order valence-corrected chi connectivity index (χ4v) is 2.02. The van der Waals surface area contributed by atoms with Crippen molar-refractivity contribution >= 4 is 11.5 Å². The first kappa shape index (κ1) is 14.0. The second-order valence-electron chi connectivity index (χ2n) is 5.97. The van der Waals surface area contributed by atoms with Gasteiger partial charge in [0.25, 0.3) is 0 Å². The molecule has 1 aliphatic rings. The molecule has 1 aromatic heterocycles. The van der Waals surface area contributed by atoms with Crippen molar-refractivity contribution in [2.24, 2.45) is 11.1 Å². The first-order valence-electron chi connectivity index (χ1n) is 6.68. The highest BCUT2D eigenvalue weighted by atomic mass is 16.3. The van der Waals surface area contributed by atoms with Gasteiger partial charge in [0.05, 0.1) is 11.9 Å². The fraction of sp³-hybridized carbons (Fsp3) is 0.692. The average molecular weight is 265 g/mol. The van der Waals surface area contributed by atoms with Crippen LogP contribution in [0.3, 0.4) is 0 Å². The first-order chi connectivity index (χ1) is 9.00. The average Bonchev–Trinajstić information content (AvgIpc) is 2.84. The van der Waals surface area contributed by atoms with Gasteiger partial charge in [-0.2, -0.15) is 5.10 Å². The largest absolute Gasteiger partial charge is 0.396 e. The molecular weight excluding hydrogens is 242 g/mol. The standard InChI is InChI=1S/C13H23N5O/c1-13(2,9-19)8-15-12-5-11(6-16-17-12)18-4-3-10(14)7-18/h5-6,10,19H,3-4,7-9,14H2,1-2H3,(H,15,17)/t10-/m1/s1. The Hall–Kier alpha value is -1.40. The molecule has 2 rings (SSSR count). The van der Waals surface area contributed by atoms with Crippen molar-refractivity contribution in [2.45, 2.75) is 26.3 Å². The third-order valence-electron chi connectivity index (χ3n) is 3.41. The SMILES string of the molecule is CC(C)(CO)CNc1cc(N2CC[C@@H](N)C2)cnn1. The molecule has 1 saturated heterocycles. The van der Waals surface area contributed by atoms with Crippen LogP contribution in [0.2, 0.25) is 0 Å². The molecule has 6 nitrogen and oxygen atoms in total. The Labute approximate surface area is 114 Å². The van der Waals surface area contributed by atoms with Gasteiger partial charge in [-0.25, -0.2) is 0 Å². The lowest BCUT2D eigenvalue weighted by Crippen LogP contribution is -2.28. The van der Waals surface area contributed by atoms with Crippen molar-refractivity contribution in [1.29, 1.82) is 0 Å². The molecular formula is C13H23N5O. The Balaban J connectivity index is 1.99. The van der Waals surface area contributed by atoms with Gasteiger partial charge in [-0.05, 0) is 6.42 Å². The molecule has 106 valence electrons. The number of nitrogens with one attached hydrogen (secondary N) is 1. The molecule has 1 aromatic rings. The van der Waals surface area contributed by atoms with Crippen LogP contribution in [0.4, 0.5) is 11.5 Å². The summed E-state index contributed by atoms with van der Waals surface area (Å²) in [6.07, 6.45) is 2.78. The van der Waals surface area contributed by atoms with Gasteiger partial charge in [-0.3, -0.25) is 0 Å². The highest BCUT2D eigenvalue weighted by molar-refractivity contribution is 5.53. The molecule has 2 heterocycles. The van der Waals surface area contributed by atoms with E-state index in [0.29, 0.717) is 6.54 Å². The summed E-state index contributed by atoms with van der Waals surface area (Å²) in [5, 5.41) is 20.5. The minimum Gasteiger partial charge on any atom is -0.396 e. The lowest BCUT2D eigenvalue weighted by molar-refractivity contribution is 0.170. The molecule has 0 unspecified atom stereocenters. The molecule has 0 amide bonds. The number of anilines is 2. The van der Waals surface area contributed by atoms with E-state index < -0.39 is 0 Å². The van der Waals surface area contributed by atoms with E-state index in [1.54, 1.807) is 6.20 Å². The summed E-state index contributed by atoms with van der Waals surface area (Å²) < 4.78 is 0. The third-order valence-corrected chi connectivity index (χ3v) is 3.41. The van der Waals surface area contributed by atoms with Crippen molar-refractivity contribution < 1.29 is 5.11 Å². The zero-order valence-corrected chi connectivity index (χ0v) is 11.6. The topological polar surface area (TPSA) is 87.3 Å². The van der Waals surface area contributed by atoms with Crippen molar-refractivity contribution in [1.82, 2.24) is 10.2 Å². The predicted molar refractivity (Wildman–Crippen MR) is 76.2 cm³/mol. The maximum Gasteiger partial charge on any atom is 0.150 e. The highest BCUT2D eigenvalue weighted by Crippen LogP contribution is 2.21. The van der Waals surface area contributed by atoms with Gasteiger partial charge in [-0.15, -0.1) is 5.10 Å². The summed E-state index contributed by atoms with van der Waals surface area (Å²) in [6.45, 7) is 6.62. The number of aromatic nitrogens is 2. The van der Waals surface area contributed by atoms with Crippen LogP contribution >= 0.6 is 0 Å². The fourth-order valence-electron chi connectivity index (χ4n) is 2.02. The maximum absolute atomic E-state index is 9.23. The van der Waals surface area contributed by atoms with E-state index in [4.69, 9.17) is 5.73 Å². The third kappa shape index (κ3) is 3.78. The number of nitrogens with zero attached hydrogens (tertiary/aromatic N) is 3. The van der Waals surface area contributed by atoms with Crippen LogP contribution in [-0.2, 0) is 0 Å². The van der Waals surface area contributed by atoms with Gasteiger partial charge in [-0.1, -0.05) is 13.8 Å². The number of hydrogen-bond donors (Lipinski definition) is 3. The molecule has 0 radical (unpaired) electrons. The van der Waals surface area contributed by atoms with Crippen LogP contribution in [0, 0.1) is 5.41 Å². The van der Waals surface area contributed by atoms with Crippen LogP contribution in [0.25, 0.3) is 0 Å². The Kier molecular flexibility index (Phi) is 4.21. The Morgan fingerprint density at radius 1 is 1.58 bits per heavy atom. The number of hydrogen-bond acceptors (Lipinski definition) is 6. The summed E-state index contributed by atoms with van der Waals surface area (Å²) in [5.74, 6) is 0.736. The van der Waals surface area contributed by atoms with Gasteiger partial charge in [0.2, 0.25) is 0 Å². The molecule has 0 aliphatic carbocycles. The summed E-state index contributed by atoms with van der Waals surface area (Å²) in [7, 11) is 0. The summed E-state index contributed by atoms with van der Waals surface area (Å²) in [4.78, 5) is 2.22. The van der Waals surface area contributed by atoms with E-state index >= 15 is 0 Å². The Morgan fingerprint density at radius 3 is 3.00 bits per heavy atom. The number of aliphatic hydroxyl groups excluding tert-OH is 1. The molecule has 0 bridgehead atoms. The van der Waals surface area contributed by atoms with Crippen LogP contribution in [0.1, 0.15) is 20.3 Å². The molecule has 1 atom stereocenters. The lowest BCUT2D eigenvalue weighted by atomic mass is 9.95. The molecule has 19 heavy (non-hydrogen) atoms. The van der Waals surface area contributed by atoms with E-state index in [-0.39, 0.29) is 18.1 Å². The second-order valence-corrected chi connectivity index (χ2v) is 5.97. The van der Waals surface area contributed by atoms with E-state index in [1.165, 1.54) is 0 Å². The predicted octanol–water partition coefficient (Wildman–Crippen LogP) is 0.444. The molecule has 1 fully saturated rings. The zero-order chi connectivity index (χ0) is 13.9. The minimum atomic E-state index is -0.173. The van der Waals surface area contributed by atoms with E-state index in [2.05, 4.69) is 20.4 Å². The quantitative estimate of drug-likeness (QED) is 0.716. The van der Waals surface area contributed by atoms with E-state index in [9.17, 15) is 5.11 Å². The highest BCUT2D eigenvalue weighted by Gasteiger charge is 2.20. The zero-order valence-electron chi connectivity index (χ0n) is 11.6. The molecule has 0 saturated carbocycles. The lowest BCUT2D eigenvalue weighted by Gasteiger charge is -2.23.